The number of benzene rings is 1. The van der Waals surface area contributed by atoms with Crippen LogP contribution in [0.4, 0.5) is 5.69 Å². The number of rotatable bonds is 6. The number of esters is 1. The molecule has 2 N–H and O–H groups in total. The Labute approximate surface area is 142 Å². The third-order valence-electron chi connectivity index (χ3n) is 2.96. The van der Waals surface area contributed by atoms with Crippen molar-refractivity contribution in [1.29, 1.82) is 0 Å². The molecule has 0 aliphatic rings. The van der Waals surface area contributed by atoms with Gasteiger partial charge in [0, 0.05) is 11.4 Å². The first-order chi connectivity index (χ1) is 11.5. The van der Waals surface area contributed by atoms with Crippen LogP contribution in [0, 0.1) is 6.92 Å². The van der Waals surface area contributed by atoms with Gasteiger partial charge in [0.1, 0.15) is 10.6 Å². The number of nitrogens with zero attached hydrogens (tertiary/aromatic N) is 1. The Morgan fingerprint density at radius 1 is 1.29 bits per heavy atom. The predicted octanol–water partition coefficient (Wildman–Crippen LogP) is 1.99. The molecule has 1 amide bonds. The third-order valence-corrected chi connectivity index (χ3v) is 3.94. The number of anilines is 1. The first-order valence-corrected chi connectivity index (χ1v) is 8.25. The van der Waals surface area contributed by atoms with Gasteiger partial charge in [0.25, 0.3) is 0 Å². The lowest BCUT2D eigenvalue weighted by atomic mass is 10.2. The number of amides is 1. The summed E-state index contributed by atoms with van der Waals surface area (Å²) in [5, 5.41) is 2.90. The summed E-state index contributed by atoms with van der Waals surface area (Å²) in [4.78, 5) is 41.8. The molecule has 0 bridgehead atoms. The third kappa shape index (κ3) is 4.69. The van der Waals surface area contributed by atoms with Crippen molar-refractivity contribution in [2.24, 2.45) is 0 Å². The van der Waals surface area contributed by atoms with E-state index < -0.39 is 11.7 Å². The summed E-state index contributed by atoms with van der Waals surface area (Å²) < 4.78 is 4.98. The molecular formula is C16H17N3O4S. The molecule has 1 aromatic carbocycles. The quantitative estimate of drug-likeness (QED) is 0.471. The predicted molar refractivity (Wildman–Crippen MR) is 91.3 cm³/mol. The Morgan fingerprint density at radius 3 is 2.67 bits per heavy atom. The van der Waals surface area contributed by atoms with Crippen LogP contribution in [0.2, 0.25) is 0 Å². The van der Waals surface area contributed by atoms with Gasteiger partial charge in [-0.2, -0.15) is 4.98 Å². The lowest BCUT2D eigenvalue weighted by Crippen LogP contribution is -2.21. The van der Waals surface area contributed by atoms with Gasteiger partial charge in [-0.3, -0.25) is 4.79 Å². The highest BCUT2D eigenvalue weighted by atomic mass is 32.2. The molecule has 0 atom stereocenters. The van der Waals surface area contributed by atoms with Crippen molar-refractivity contribution < 1.29 is 14.3 Å². The number of H-pyrrole nitrogens is 1. The van der Waals surface area contributed by atoms with Crippen LogP contribution in [0.3, 0.4) is 0 Å². The van der Waals surface area contributed by atoms with Crippen LogP contribution in [0.1, 0.15) is 23.0 Å². The zero-order valence-electron chi connectivity index (χ0n) is 13.3. The van der Waals surface area contributed by atoms with Gasteiger partial charge in [-0.25, -0.2) is 9.59 Å². The zero-order valence-corrected chi connectivity index (χ0v) is 14.1. The van der Waals surface area contributed by atoms with E-state index in [0.29, 0.717) is 11.4 Å². The highest BCUT2D eigenvalue weighted by molar-refractivity contribution is 8.00. The Balaban J connectivity index is 2.12. The molecule has 0 aliphatic heterocycles. The minimum Gasteiger partial charge on any atom is -0.462 e. The van der Waals surface area contributed by atoms with Crippen molar-refractivity contribution in [2.75, 3.05) is 17.7 Å². The summed E-state index contributed by atoms with van der Waals surface area (Å²) in [5.41, 5.74) is 0.628. The Hall–Kier alpha value is -2.61. The maximum absolute atomic E-state index is 12.0. The summed E-state index contributed by atoms with van der Waals surface area (Å²) in [5.74, 6) is -0.831. The zero-order chi connectivity index (χ0) is 17.5. The number of para-hydroxylation sites is 1. The first-order valence-electron chi connectivity index (χ1n) is 7.27. The standard InChI is InChI=1S/C16H17N3O4S/c1-3-23-15(21)13-10(2)17-16(22)19-14(13)24-9-12(20)18-11-7-5-4-6-8-11/h4-8H,3,9H2,1-2H3,(H,18,20)(H,17,19,22). The van der Waals surface area contributed by atoms with Crippen LogP contribution in [-0.2, 0) is 9.53 Å². The van der Waals surface area contributed by atoms with E-state index in [1.807, 2.05) is 18.2 Å². The second-order valence-electron chi connectivity index (χ2n) is 4.77. The Morgan fingerprint density at radius 2 is 2.00 bits per heavy atom. The van der Waals surface area contributed by atoms with Gasteiger partial charge in [-0.05, 0) is 26.0 Å². The number of carbonyl (C=O) groups excluding carboxylic acids is 2. The van der Waals surface area contributed by atoms with Gasteiger partial charge in [0.2, 0.25) is 5.91 Å². The van der Waals surface area contributed by atoms with E-state index >= 15 is 0 Å². The number of hydrogen-bond donors (Lipinski definition) is 2. The van der Waals surface area contributed by atoms with Gasteiger partial charge < -0.3 is 15.0 Å². The first kappa shape index (κ1) is 17.7. The van der Waals surface area contributed by atoms with Crippen molar-refractivity contribution in [3.63, 3.8) is 0 Å². The molecule has 0 radical (unpaired) electrons. The van der Waals surface area contributed by atoms with E-state index in [2.05, 4.69) is 15.3 Å². The number of carbonyl (C=O) groups is 2. The smallest absolute Gasteiger partial charge is 0.346 e. The highest BCUT2D eigenvalue weighted by Gasteiger charge is 2.20. The van der Waals surface area contributed by atoms with Gasteiger partial charge >= 0.3 is 11.7 Å². The lowest BCUT2D eigenvalue weighted by Gasteiger charge is -2.10. The molecule has 8 heteroatoms. The molecule has 0 aliphatic carbocycles. The fourth-order valence-electron chi connectivity index (χ4n) is 1.96. The molecule has 0 fully saturated rings. The van der Waals surface area contributed by atoms with Crippen molar-refractivity contribution in [1.82, 2.24) is 9.97 Å². The summed E-state index contributed by atoms with van der Waals surface area (Å²) >= 11 is 1.01. The van der Waals surface area contributed by atoms with E-state index in [0.717, 1.165) is 11.8 Å². The SMILES string of the molecule is CCOC(=O)c1c(SCC(=O)Nc2ccccc2)nc(=O)[nH]c1C. The van der Waals surface area contributed by atoms with Gasteiger partial charge in [-0.1, -0.05) is 30.0 Å². The Bertz CT molecular complexity index is 790. The molecule has 126 valence electrons. The summed E-state index contributed by atoms with van der Waals surface area (Å²) in [6.45, 7) is 3.48. The van der Waals surface area contributed by atoms with Crippen LogP contribution >= 0.6 is 11.8 Å². The summed E-state index contributed by atoms with van der Waals surface area (Å²) in [6.07, 6.45) is 0. The average Bonchev–Trinajstić information content (AvgIpc) is 2.53. The minimum absolute atomic E-state index is 0.0111. The van der Waals surface area contributed by atoms with Crippen LogP contribution in [-0.4, -0.2) is 34.2 Å². The van der Waals surface area contributed by atoms with Crippen LogP contribution in [0.25, 0.3) is 0 Å². The fraction of sp³-hybridized carbons (Fsp3) is 0.250. The van der Waals surface area contributed by atoms with E-state index in [4.69, 9.17) is 4.74 Å². The maximum atomic E-state index is 12.0. The number of thioether (sulfide) groups is 1. The maximum Gasteiger partial charge on any atom is 0.346 e. The molecule has 0 spiro atoms. The second-order valence-corrected chi connectivity index (χ2v) is 5.73. The molecule has 1 aromatic heterocycles. The average molecular weight is 347 g/mol. The van der Waals surface area contributed by atoms with Crippen molar-refractivity contribution in [2.45, 2.75) is 18.9 Å². The van der Waals surface area contributed by atoms with E-state index in [1.165, 1.54) is 0 Å². The molecular weight excluding hydrogens is 330 g/mol. The molecule has 0 saturated carbocycles. The minimum atomic E-state index is -0.579. The normalized spacial score (nSPS) is 10.2. The number of nitrogens with one attached hydrogen (secondary N) is 2. The molecule has 1 heterocycles. The number of aryl methyl sites for hydroxylation is 1. The van der Waals surface area contributed by atoms with Gasteiger partial charge in [0.15, 0.2) is 0 Å². The molecule has 0 unspecified atom stereocenters. The summed E-state index contributed by atoms with van der Waals surface area (Å²) in [7, 11) is 0. The fourth-order valence-corrected chi connectivity index (χ4v) is 2.83. The monoisotopic (exact) mass is 347 g/mol. The topological polar surface area (TPSA) is 101 Å². The number of aromatic nitrogens is 2. The van der Waals surface area contributed by atoms with Gasteiger partial charge in [-0.15, -0.1) is 0 Å². The Kier molecular flexibility index (Phi) is 6.14. The van der Waals surface area contributed by atoms with Crippen molar-refractivity contribution >= 4 is 29.3 Å². The molecule has 7 nitrogen and oxygen atoms in total. The highest BCUT2D eigenvalue weighted by Crippen LogP contribution is 2.22. The van der Waals surface area contributed by atoms with E-state index in [9.17, 15) is 14.4 Å². The van der Waals surface area contributed by atoms with Crippen molar-refractivity contribution in [3.05, 3.63) is 52.1 Å². The largest absolute Gasteiger partial charge is 0.462 e. The number of hydrogen-bond acceptors (Lipinski definition) is 6. The molecule has 0 saturated heterocycles. The molecule has 2 aromatic rings. The lowest BCUT2D eigenvalue weighted by molar-refractivity contribution is -0.113. The van der Waals surface area contributed by atoms with Crippen LogP contribution < -0.4 is 11.0 Å². The van der Waals surface area contributed by atoms with Crippen LogP contribution in [0.5, 0.6) is 0 Å². The summed E-state index contributed by atoms with van der Waals surface area (Å²) in [6, 6.07) is 9.00. The van der Waals surface area contributed by atoms with E-state index in [1.54, 1.807) is 26.0 Å². The molecule has 2 rings (SSSR count). The van der Waals surface area contributed by atoms with Crippen LogP contribution in [0.15, 0.2) is 40.2 Å². The van der Waals surface area contributed by atoms with E-state index in [-0.39, 0.29) is 28.9 Å². The number of aromatic amines is 1. The second kappa shape index (κ2) is 8.30. The van der Waals surface area contributed by atoms with Crippen molar-refractivity contribution in [3.8, 4) is 0 Å². The molecule has 24 heavy (non-hydrogen) atoms. The number of ether oxygens (including phenoxy) is 1. The van der Waals surface area contributed by atoms with Gasteiger partial charge in [0.05, 0.1) is 12.4 Å².